The van der Waals surface area contributed by atoms with Crippen LogP contribution in [0.15, 0.2) is 0 Å². The second-order valence-electron chi connectivity index (χ2n) is 6.28. The molecule has 0 aromatic carbocycles. The lowest BCUT2D eigenvalue weighted by Crippen LogP contribution is -2.43. The molecule has 1 heterocycles. The Morgan fingerprint density at radius 1 is 1.41 bits per heavy atom. The van der Waals surface area contributed by atoms with E-state index in [2.05, 4.69) is 37.9 Å². The molecule has 1 rings (SSSR count). The fraction of sp³-hybridized carbons (Fsp3) is 1.00. The summed E-state index contributed by atoms with van der Waals surface area (Å²) in [6.07, 6.45) is 3.58. The Kier molecular flexibility index (Phi) is 5.90. The monoisotopic (exact) mass is 242 g/mol. The molecule has 2 unspecified atom stereocenters. The van der Waals surface area contributed by atoms with E-state index in [0.29, 0.717) is 24.1 Å². The molecule has 0 aromatic rings. The van der Waals surface area contributed by atoms with Gasteiger partial charge in [-0.3, -0.25) is 4.90 Å². The maximum Gasteiger partial charge on any atom is 0.0586 e. The second kappa shape index (κ2) is 6.72. The molecule has 2 N–H and O–H groups in total. The Hall–Kier alpha value is -0.120. The zero-order valence-corrected chi connectivity index (χ0v) is 12.0. The van der Waals surface area contributed by atoms with Gasteiger partial charge in [-0.15, -0.1) is 0 Å². The van der Waals surface area contributed by atoms with Crippen LogP contribution in [0.4, 0.5) is 0 Å². The van der Waals surface area contributed by atoms with E-state index in [4.69, 9.17) is 0 Å². The van der Waals surface area contributed by atoms with Crippen molar-refractivity contribution in [3.05, 3.63) is 0 Å². The van der Waals surface area contributed by atoms with Crippen LogP contribution in [0.2, 0.25) is 0 Å². The molecule has 1 aliphatic rings. The lowest BCUT2D eigenvalue weighted by atomic mass is 9.84. The number of hydrogen-bond acceptors (Lipinski definition) is 3. The molecule has 0 amide bonds. The predicted octanol–water partition coefficient (Wildman–Crippen LogP) is 1.86. The van der Waals surface area contributed by atoms with Crippen molar-refractivity contribution in [2.45, 2.75) is 59.0 Å². The molecule has 0 saturated carbocycles. The molecule has 0 spiro atoms. The van der Waals surface area contributed by atoms with Crippen molar-refractivity contribution in [3.63, 3.8) is 0 Å². The number of aliphatic hydroxyl groups excluding tert-OH is 1. The molecule has 1 fully saturated rings. The van der Waals surface area contributed by atoms with Crippen LogP contribution in [0.25, 0.3) is 0 Å². The van der Waals surface area contributed by atoms with E-state index in [1.807, 2.05) is 0 Å². The molecular formula is C14H30N2O. The van der Waals surface area contributed by atoms with Gasteiger partial charge in [0.2, 0.25) is 0 Å². The summed E-state index contributed by atoms with van der Waals surface area (Å²) in [7, 11) is 0. The van der Waals surface area contributed by atoms with Crippen LogP contribution in [-0.2, 0) is 0 Å². The minimum atomic E-state index is 0.310. The van der Waals surface area contributed by atoms with E-state index in [1.54, 1.807) is 0 Å². The SMILES string of the molecule is CCNC(CCN1CCCC1CO)C(C)(C)C. The Morgan fingerprint density at radius 2 is 2.12 bits per heavy atom. The van der Waals surface area contributed by atoms with Gasteiger partial charge in [0.25, 0.3) is 0 Å². The first-order chi connectivity index (χ1) is 7.99. The first-order valence-corrected chi connectivity index (χ1v) is 7.07. The smallest absolute Gasteiger partial charge is 0.0586 e. The number of aliphatic hydroxyl groups is 1. The first-order valence-electron chi connectivity index (χ1n) is 7.07. The minimum Gasteiger partial charge on any atom is -0.395 e. The Morgan fingerprint density at radius 3 is 2.65 bits per heavy atom. The van der Waals surface area contributed by atoms with Gasteiger partial charge >= 0.3 is 0 Å². The highest BCUT2D eigenvalue weighted by molar-refractivity contribution is 4.84. The Labute approximate surface area is 107 Å². The van der Waals surface area contributed by atoms with Crippen molar-refractivity contribution in [3.8, 4) is 0 Å². The van der Waals surface area contributed by atoms with Gasteiger partial charge in [0, 0.05) is 18.6 Å². The lowest BCUT2D eigenvalue weighted by molar-refractivity contribution is 0.143. The molecule has 0 radical (unpaired) electrons. The summed E-state index contributed by atoms with van der Waals surface area (Å²) >= 11 is 0. The molecule has 1 aliphatic heterocycles. The van der Waals surface area contributed by atoms with Gasteiger partial charge in [-0.25, -0.2) is 0 Å². The largest absolute Gasteiger partial charge is 0.395 e. The van der Waals surface area contributed by atoms with Crippen LogP contribution in [0.1, 0.15) is 47.0 Å². The van der Waals surface area contributed by atoms with Gasteiger partial charge in [0.15, 0.2) is 0 Å². The fourth-order valence-electron chi connectivity index (χ4n) is 2.78. The summed E-state index contributed by atoms with van der Waals surface area (Å²) in [5.74, 6) is 0. The third kappa shape index (κ3) is 4.57. The van der Waals surface area contributed by atoms with Gasteiger partial charge in [0.1, 0.15) is 0 Å². The highest BCUT2D eigenvalue weighted by Crippen LogP contribution is 2.24. The molecular weight excluding hydrogens is 212 g/mol. The third-order valence-corrected chi connectivity index (χ3v) is 3.91. The molecule has 3 heteroatoms. The standard InChI is InChI=1S/C14H30N2O/c1-5-15-13(14(2,3)4)8-10-16-9-6-7-12(16)11-17/h12-13,15,17H,5-11H2,1-4H3. The topological polar surface area (TPSA) is 35.5 Å². The van der Waals surface area contributed by atoms with Crippen LogP contribution < -0.4 is 5.32 Å². The quantitative estimate of drug-likeness (QED) is 0.746. The van der Waals surface area contributed by atoms with Gasteiger partial charge in [0.05, 0.1) is 6.61 Å². The van der Waals surface area contributed by atoms with E-state index in [1.165, 1.54) is 12.8 Å². The molecule has 0 aliphatic carbocycles. The molecule has 3 nitrogen and oxygen atoms in total. The van der Waals surface area contributed by atoms with E-state index in [0.717, 1.165) is 26.1 Å². The highest BCUT2D eigenvalue weighted by atomic mass is 16.3. The van der Waals surface area contributed by atoms with Gasteiger partial charge < -0.3 is 10.4 Å². The average molecular weight is 242 g/mol. The predicted molar refractivity (Wildman–Crippen MR) is 73.2 cm³/mol. The molecule has 17 heavy (non-hydrogen) atoms. The van der Waals surface area contributed by atoms with E-state index in [-0.39, 0.29) is 0 Å². The summed E-state index contributed by atoms with van der Waals surface area (Å²) in [5.41, 5.74) is 0.310. The number of nitrogens with zero attached hydrogens (tertiary/aromatic N) is 1. The summed E-state index contributed by atoms with van der Waals surface area (Å²) in [6.45, 7) is 12.7. The normalized spacial score (nSPS) is 24.2. The van der Waals surface area contributed by atoms with Gasteiger partial charge in [-0.05, 0) is 37.8 Å². The number of hydrogen-bond donors (Lipinski definition) is 2. The van der Waals surface area contributed by atoms with Crippen LogP contribution in [0, 0.1) is 5.41 Å². The molecule has 0 aromatic heterocycles. The molecule has 2 atom stereocenters. The van der Waals surface area contributed by atoms with Crippen LogP contribution in [0.3, 0.4) is 0 Å². The van der Waals surface area contributed by atoms with Crippen molar-refractivity contribution >= 4 is 0 Å². The van der Waals surface area contributed by atoms with Crippen molar-refractivity contribution in [2.75, 3.05) is 26.2 Å². The van der Waals surface area contributed by atoms with Crippen molar-refractivity contribution in [1.29, 1.82) is 0 Å². The van der Waals surface area contributed by atoms with E-state index in [9.17, 15) is 5.11 Å². The Bertz CT molecular complexity index is 213. The van der Waals surface area contributed by atoms with Gasteiger partial charge in [-0.2, -0.15) is 0 Å². The van der Waals surface area contributed by atoms with Crippen molar-refractivity contribution in [1.82, 2.24) is 10.2 Å². The van der Waals surface area contributed by atoms with Gasteiger partial charge in [-0.1, -0.05) is 27.7 Å². The van der Waals surface area contributed by atoms with Crippen molar-refractivity contribution < 1.29 is 5.11 Å². The fourth-order valence-corrected chi connectivity index (χ4v) is 2.78. The maximum atomic E-state index is 9.31. The number of nitrogens with one attached hydrogen (secondary N) is 1. The van der Waals surface area contributed by atoms with E-state index >= 15 is 0 Å². The Balaban J connectivity index is 2.41. The summed E-state index contributed by atoms with van der Waals surface area (Å²) in [4.78, 5) is 2.45. The summed E-state index contributed by atoms with van der Waals surface area (Å²) in [5, 5.41) is 12.9. The second-order valence-corrected chi connectivity index (χ2v) is 6.28. The van der Waals surface area contributed by atoms with Crippen LogP contribution in [-0.4, -0.2) is 48.3 Å². The molecule has 1 saturated heterocycles. The van der Waals surface area contributed by atoms with Crippen LogP contribution in [0.5, 0.6) is 0 Å². The van der Waals surface area contributed by atoms with Crippen molar-refractivity contribution in [2.24, 2.45) is 5.41 Å². The summed E-state index contributed by atoms with van der Waals surface area (Å²) < 4.78 is 0. The number of rotatable bonds is 6. The highest BCUT2D eigenvalue weighted by Gasteiger charge is 2.27. The summed E-state index contributed by atoms with van der Waals surface area (Å²) in [6, 6.07) is 0.977. The zero-order valence-electron chi connectivity index (χ0n) is 12.0. The number of likely N-dealkylation sites (tertiary alicyclic amines) is 1. The van der Waals surface area contributed by atoms with Crippen LogP contribution >= 0.6 is 0 Å². The molecule has 102 valence electrons. The maximum absolute atomic E-state index is 9.31. The minimum absolute atomic E-state index is 0.310. The van der Waals surface area contributed by atoms with E-state index < -0.39 is 0 Å². The lowest BCUT2D eigenvalue weighted by Gasteiger charge is -2.33. The average Bonchev–Trinajstić information content (AvgIpc) is 2.69. The first kappa shape index (κ1) is 14.9. The third-order valence-electron chi connectivity index (χ3n) is 3.91. The molecule has 0 bridgehead atoms. The zero-order chi connectivity index (χ0) is 12.9.